The molecule has 0 unspecified atom stereocenters. The molecule has 28 heavy (non-hydrogen) atoms. The predicted molar refractivity (Wildman–Crippen MR) is 106 cm³/mol. The standard InChI is InChI=1S/C21H26F2N4O/c1-15-12-21(22,23)14-27(15)20(28)13-26-10-7-16(8-11-26)25-19-6-2-5-18-17(19)4-3-9-24-18/h2-6,9,15-16,25H,7-8,10-14H2,1H3/t15-/m1/s1. The molecule has 3 heterocycles. The number of anilines is 1. The van der Waals surface area contributed by atoms with Crippen molar-refractivity contribution in [3.8, 4) is 0 Å². The average Bonchev–Trinajstić information content (AvgIpc) is 2.96. The maximum Gasteiger partial charge on any atom is 0.267 e. The van der Waals surface area contributed by atoms with E-state index in [2.05, 4.69) is 27.3 Å². The first-order chi connectivity index (χ1) is 13.4. The Hall–Kier alpha value is -2.28. The number of hydrogen-bond acceptors (Lipinski definition) is 4. The van der Waals surface area contributed by atoms with E-state index in [1.807, 2.05) is 18.2 Å². The number of aromatic nitrogens is 1. The Balaban J connectivity index is 1.31. The molecule has 1 aromatic carbocycles. The zero-order valence-corrected chi connectivity index (χ0v) is 16.1. The fourth-order valence-electron chi connectivity index (χ4n) is 4.31. The molecule has 4 rings (SSSR count). The van der Waals surface area contributed by atoms with Gasteiger partial charge in [-0.15, -0.1) is 0 Å². The van der Waals surface area contributed by atoms with Gasteiger partial charge in [0, 0.05) is 48.9 Å². The number of likely N-dealkylation sites (tertiary alicyclic amines) is 2. The summed E-state index contributed by atoms with van der Waals surface area (Å²) < 4.78 is 27.1. The predicted octanol–water partition coefficient (Wildman–Crippen LogP) is 3.37. The molecular weight excluding hydrogens is 362 g/mol. The molecule has 5 nitrogen and oxygen atoms in total. The zero-order valence-electron chi connectivity index (χ0n) is 16.1. The molecule has 2 saturated heterocycles. The summed E-state index contributed by atoms with van der Waals surface area (Å²) in [5.74, 6) is -2.93. The van der Waals surface area contributed by atoms with Crippen LogP contribution in [-0.2, 0) is 4.79 Å². The SMILES string of the molecule is C[C@@H]1CC(F)(F)CN1C(=O)CN1CCC(Nc2cccc3ncccc23)CC1. The van der Waals surface area contributed by atoms with Crippen LogP contribution in [0.5, 0.6) is 0 Å². The molecule has 0 saturated carbocycles. The number of carbonyl (C=O) groups excluding carboxylic acids is 1. The maximum absolute atomic E-state index is 13.5. The summed E-state index contributed by atoms with van der Waals surface area (Å²) in [5.41, 5.74) is 2.04. The van der Waals surface area contributed by atoms with Gasteiger partial charge in [-0.3, -0.25) is 14.7 Å². The lowest BCUT2D eigenvalue weighted by Gasteiger charge is -2.34. The number of rotatable bonds is 4. The number of nitrogens with zero attached hydrogens (tertiary/aromatic N) is 3. The van der Waals surface area contributed by atoms with E-state index in [1.165, 1.54) is 4.90 Å². The highest BCUT2D eigenvalue weighted by Crippen LogP contribution is 2.32. The van der Waals surface area contributed by atoms with Gasteiger partial charge in [-0.05, 0) is 44.0 Å². The molecule has 1 N–H and O–H groups in total. The number of pyridine rings is 1. The highest BCUT2D eigenvalue weighted by atomic mass is 19.3. The van der Waals surface area contributed by atoms with Crippen molar-refractivity contribution in [1.29, 1.82) is 0 Å². The zero-order chi connectivity index (χ0) is 19.7. The van der Waals surface area contributed by atoms with Gasteiger partial charge in [0.1, 0.15) is 0 Å². The normalized spacial score (nSPS) is 23.2. The van der Waals surface area contributed by atoms with Crippen LogP contribution in [0.1, 0.15) is 26.2 Å². The van der Waals surface area contributed by atoms with Crippen molar-refractivity contribution >= 4 is 22.5 Å². The Kier molecular flexibility index (Phi) is 5.19. The third-order valence-corrected chi connectivity index (χ3v) is 5.80. The van der Waals surface area contributed by atoms with E-state index in [-0.39, 0.29) is 24.9 Å². The summed E-state index contributed by atoms with van der Waals surface area (Å²) in [6.07, 6.45) is 3.38. The van der Waals surface area contributed by atoms with Gasteiger partial charge in [0.05, 0.1) is 18.6 Å². The van der Waals surface area contributed by atoms with Crippen molar-refractivity contribution in [2.45, 2.75) is 44.2 Å². The molecule has 2 aliphatic heterocycles. The number of piperidine rings is 1. The molecule has 1 amide bonds. The van der Waals surface area contributed by atoms with Gasteiger partial charge in [0.15, 0.2) is 0 Å². The van der Waals surface area contributed by atoms with Gasteiger partial charge < -0.3 is 10.2 Å². The van der Waals surface area contributed by atoms with E-state index in [9.17, 15) is 13.6 Å². The van der Waals surface area contributed by atoms with E-state index < -0.39 is 12.5 Å². The Labute approximate surface area is 163 Å². The van der Waals surface area contributed by atoms with Gasteiger partial charge in [-0.2, -0.15) is 0 Å². The number of fused-ring (bicyclic) bond motifs is 1. The van der Waals surface area contributed by atoms with E-state index in [4.69, 9.17) is 0 Å². The third-order valence-electron chi connectivity index (χ3n) is 5.80. The highest BCUT2D eigenvalue weighted by molar-refractivity contribution is 5.91. The van der Waals surface area contributed by atoms with Crippen molar-refractivity contribution in [2.75, 3.05) is 31.5 Å². The largest absolute Gasteiger partial charge is 0.382 e. The fraction of sp³-hybridized carbons (Fsp3) is 0.524. The molecule has 1 atom stereocenters. The number of amides is 1. The highest BCUT2D eigenvalue weighted by Gasteiger charge is 2.45. The molecule has 0 aliphatic carbocycles. The smallest absolute Gasteiger partial charge is 0.267 e. The number of halogens is 2. The molecule has 0 radical (unpaired) electrons. The number of benzene rings is 1. The van der Waals surface area contributed by atoms with Crippen LogP contribution in [0.3, 0.4) is 0 Å². The van der Waals surface area contributed by atoms with E-state index in [0.29, 0.717) is 6.04 Å². The Morgan fingerprint density at radius 2 is 2.04 bits per heavy atom. The lowest BCUT2D eigenvalue weighted by atomic mass is 10.0. The van der Waals surface area contributed by atoms with Crippen LogP contribution >= 0.6 is 0 Å². The average molecular weight is 388 g/mol. The number of hydrogen-bond donors (Lipinski definition) is 1. The maximum atomic E-state index is 13.5. The summed E-state index contributed by atoms with van der Waals surface area (Å²) in [7, 11) is 0. The summed E-state index contributed by atoms with van der Waals surface area (Å²) in [4.78, 5) is 20.3. The lowest BCUT2D eigenvalue weighted by molar-refractivity contribution is -0.134. The Morgan fingerprint density at radius 3 is 2.75 bits per heavy atom. The molecule has 0 spiro atoms. The molecule has 2 fully saturated rings. The summed E-state index contributed by atoms with van der Waals surface area (Å²) in [5, 5.41) is 4.71. The van der Waals surface area contributed by atoms with Gasteiger partial charge in [0.2, 0.25) is 5.91 Å². The van der Waals surface area contributed by atoms with Crippen LogP contribution in [0, 0.1) is 0 Å². The van der Waals surface area contributed by atoms with Crippen LogP contribution < -0.4 is 5.32 Å². The van der Waals surface area contributed by atoms with E-state index in [0.717, 1.165) is 42.5 Å². The minimum atomic E-state index is -2.75. The number of nitrogens with one attached hydrogen (secondary N) is 1. The van der Waals surface area contributed by atoms with Crippen LogP contribution in [0.25, 0.3) is 10.9 Å². The fourth-order valence-corrected chi connectivity index (χ4v) is 4.31. The monoisotopic (exact) mass is 388 g/mol. The Bertz CT molecular complexity index is 846. The molecule has 0 bridgehead atoms. The van der Waals surface area contributed by atoms with Crippen molar-refractivity contribution in [2.24, 2.45) is 0 Å². The second-order valence-electron chi connectivity index (χ2n) is 8.00. The van der Waals surface area contributed by atoms with Crippen molar-refractivity contribution in [1.82, 2.24) is 14.8 Å². The first kappa shape index (κ1) is 19.1. The minimum Gasteiger partial charge on any atom is -0.382 e. The van der Waals surface area contributed by atoms with Crippen molar-refractivity contribution in [3.05, 3.63) is 36.5 Å². The first-order valence-corrected chi connectivity index (χ1v) is 9.91. The molecule has 1 aromatic heterocycles. The summed E-state index contributed by atoms with van der Waals surface area (Å²) >= 11 is 0. The minimum absolute atomic E-state index is 0.184. The molecule has 2 aromatic rings. The molecule has 7 heteroatoms. The topological polar surface area (TPSA) is 48.5 Å². The quantitative estimate of drug-likeness (QED) is 0.873. The van der Waals surface area contributed by atoms with Gasteiger partial charge in [-0.25, -0.2) is 8.78 Å². The van der Waals surface area contributed by atoms with Crippen LogP contribution in [0.2, 0.25) is 0 Å². The van der Waals surface area contributed by atoms with Gasteiger partial charge in [-0.1, -0.05) is 6.07 Å². The lowest BCUT2D eigenvalue weighted by Crippen LogP contribution is -2.46. The van der Waals surface area contributed by atoms with Gasteiger partial charge in [0.25, 0.3) is 5.92 Å². The van der Waals surface area contributed by atoms with Crippen LogP contribution in [0.15, 0.2) is 36.5 Å². The second-order valence-corrected chi connectivity index (χ2v) is 8.00. The van der Waals surface area contributed by atoms with Crippen molar-refractivity contribution < 1.29 is 13.6 Å². The molecular formula is C21H26F2N4O. The van der Waals surface area contributed by atoms with Gasteiger partial charge >= 0.3 is 0 Å². The Morgan fingerprint density at radius 1 is 1.25 bits per heavy atom. The summed E-state index contributed by atoms with van der Waals surface area (Å²) in [6.45, 7) is 3.05. The first-order valence-electron chi connectivity index (χ1n) is 9.91. The summed E-state index contributed by atoms with van der Waals surface area (Å²) in [6, 6.07) is 10.00. The second kappa shape index (κ2) is 7.62. The molecule has 150 valence electrons. The van der Waals surface area contributed by atoms with E-state index in [1.54, 1.807) is 13.1 Å². The number of alkyl halides is 2. The third kappa shape index (κ3) is 4.09. The molecule has 2 aliphatic rings. The van der Waals surface area contributed by atoms with Crippen LogP contribution in [0.4, 0.5) is 14.5 Å². The number of carbonyl (C=O) groups is 1. The van der Waals surface area contributed by atoms with Crippen molar-refractivity contribution in [3.63, 3.8) is 0 Å². The van der Waals surface area contributed by atoms with Crippen LogP contribution in [-0.4, -0.2) is 64.9 Å². The van der Waals surface area contributed by atoms with E-state index >= 15 is 0 Å².